The van der Waals surface area contributed by atoms with Crippen LogP contribution in [0.4, 0.5) is 5.69 Å². The van der Waals surface area contributed by atoms with E-state index in [9.17, 15) is 18.0 Å². The van der Waals surface area contributed by atoms with Gasteiger partial charge in [-0.05, 0) is 60.2 Å². The number of rotatable bonds is 12. The first-order chi connectivity index (χ1) is 19.3. The van der Waals surface area contributed by atoms with E-state index in [0.717, 1.165) is 27.3 Å². The molecule has 41 heavy (non-hydrogen) atoms. The number of anilines is 1. The third kappa shape index (κ3) is 8.96. The molecule has 0 saturated carbocycles. The summed E-state index contributed by atoms with van der Waals surface area (Å²) in [6.07, 6.45) is 1.31. The fourth-order valence-corrected chi connectivity index (χ4v) is 5.63. The highest BCUT2D eigenvalue weighted by atomic mass is 35.5. The smallest absolute Gasteiger partial charge is 0.244 e. The standard InChI is InChI=1S/C31H37Cl2N3O4S/c1-21(2)18-34-31(38)29(17-24-11-7-6-8-12-24)35(19-25-14-15-26(32)27(33)16-25)30(37)20-36(41(5,39)40)28-13-9-10-22(3)23(28)4/h6-16,21,29H,17-20H2,1-5H3,(H,34,38)/t29-/m1/s1. The largest absolute Gasteiger partial charge is 0.354 e. The molecule has 10 heteroatoms. The van der Waals surface area contributed by atoms with Crippen LogP contribution in [0.1, 0.15) is 36.1 Å². The maximum atomic E-state index is 14.2. The predicted molar refractivity (Wildman–Crippen MR) is 167 cm³/mol. The van der Waals surface area contributed by atoms with Crippen LogP contribution in [0.15, 0.2) is 66.7 Å². The Morgan fingerprint density at radius 3 is 2.20 bits per heavy atom. The minimum absolute atomic E-state index is 0.0206. The van der Waals surface area contributed by atoms with E-state index < -0.39 is 28.5 Å². The van der Waals surface area contributed by atoms with Crippen LogP contribution in [0.3, 0.4) is 0 Å². The zero-order valence-electron chi connectivity index (χ0n) is 24.0. The van der Waals surface area contributed by atoms with E-state index in [4.69, 9.17) is 23.2 Å². The van der Waals surface area contributed by atoms with Gasteiger partial charge < -0.3 is 10.2 Å². The van der Waals surface area contributed by atoms with Gasteiger partial charge in [-0.2, -0.15) is 0 Å². The Kier molecular flexibility index (Phi) is 11.2. The van der Waals surface area contributed by atoms with Gasteiger partial charge in [-0.15, -0.1) is 0 Å². The zero-order valence-corrected chi connectivity index (χ0v) is 26.4. The normalized spacial score (nSPS) is 12.2. The number of sulfonamides is 1. The number of amides is 2. The van der Waals surface area contributed by atoms with E-state index in [-0.39, 0.29) is 24.8 Å². The summed E-state index contributed by atoms with van der Waals surface area (Å²) in [5.41, 5.74) is 3.57. The summed E-state index contributed by atoms with van der Waals surface area (Å²) in [4.78, 5) is 29.3. The minimum atomic E-state index is -3.85. The van der Waals surface area contributed by atoms with Crippen molar-refractivity contribution in [2.24, 2.45) is 5.92 Å². The lowest BCUT2D eigenvalue weighted by Gasteiger charge is -2.34. The van der Waals surface area contributed by atoms with Crippen LogP contribution in [-0.4, -0.2) is 50.5 Å². The molecule has 7 nitrogen and oxygen atoms in total. The van der Waals surface area contributed by atoms with Gasteiger partial charge in [0.25, 0.3) is 0 Å². The maximum Gasteiger partial charge on any atom is 0.244 e. The first-order valence-corrected chi connectivity index (χ1v) is 16.0. The summed E-state index contributed by atoms with van der Waals surface area (Å²) in [5, 5.41) is 3.64. The van der Waals surface area contributed by atoms with Crippen LogP contribution in [0, 0.1) is 19.8 Å². The van der Waals surface area contributed by atoms with Crippen LogP contribution in [0.2, 0.25) is 10.0 Å². The van der Waals surface area contributed by atoms with Crippen molar-refractivity contribution < 1.29 is 18.0 Å². The van der Waals surface area contributed by atoms with Crippen LogP contribution >= 0.6 is 23.2 Å². The molecule has 220 valence electrons. The van der Waals surface area contributed by atoms with E-state index in [1.807, 2.05) is 64.1 Å². The van der Waals surface area contributed by atoms with Crippen LogP contribution < -0.4 is 9.62 Å². The Bertz CT molecular complexity index is 1480. The molecule has 3 aromatic carbocycles. The number of halogens is 2. The van der Waals surface area contributed by atoms with Gasteiger partial charge in [-0.3, -0.25) is 13.9 Å². The van der Waals surface area contributed by atoms with E-state index in [1.165, 1.54) is 4.90 Å². The number of carbonyl (C=O) groups excluding carboxylic acids is 2. The van der Waals surface area contributed by atoms with Crippen LogP contribution in [-0.2, 0) is 32.6 Å². The molecular weight excluding hydrogens is 581 g/mol. The highest BCUT2D eigenvalue weighted by Crippen LogP contribution is 2.27. The molecule has 0 unspecified atom stereocenters. The van der Waals surface area contributed by atoms with Crippen molar-refractivity contribution in [2.45, 2.75) is 46.7 Å². The van der Waals surface area contributed by atoms with Crippen LogP contribution in [0.5, 0.6) is 0 Å². The first kappa shape index (κ1) is 32.4. The molecule has 3 aromatic rings. The molecule has 0 radical (unpaired) electrons. The molecule has 0 aliphatic heterocycles. The van der Waals surface area contributed by atoms with Gasteiger partial charge in [0.05, 0.1) is 22.0 Å². The Morgan fingerprint density at radius 1 is 0.902 bits per heavy atom. The minimum Gasteiger partial charge on any atom is -0.354 e. The van der Waals surface area contributed by atoms with Gasteiger partial charge in [0.2, 0.25) is 21.8 Å². The monoisotopic (exact) mass is 617 g/mol. The molecule has 3 rings (SSSR count). The number of nitrogens with zero attached hydrogens (tertiary/aromatic N) is 2. The third-order valence-corrected chi connectivity index (χ3v) is 8.68. The van der Waals surface area contributed by atoms with Crippen molar-refractivity contribution >= 4 is 50.7 Å². The maximum absolute atomic E-state index is 14.2. The lowest BCUT2D eigenvalue weighted by molar-refractivity contribution is -0.140. The van der Waals surface area contributed by atoms with E-state index in [0.29, 0.717) is 27.8 Å². The fourth-order valence-electron chi connectivity index (χ4n) is 4.41. The molecule has 0 heterocycles. The quantitative estimate of drug-likeness (QED) is 0.279. The van der Waals surface area contributed by atoms with Gasteiger partial charge in [-0.1, -0.05) is 85.6 Å². The number of nitrogens with one attached hydrogen (secondary N) is 1. The second-order valence-corrected chi connectivity index (χ2v) is 13.3. The van der Waals surface area contributed by atoms with Gasteiger partial charge in [-0.25, -0.2) is 8.42 Å². The Labute approximate surface area is 253 Å². The fraction of sp³-hybridized carbons (Fsp3) is 0.355. The molecule has 0 fully saturated rings. The van der Waals surface area contributed by atoms with Gasteiger partial charge in [0.15, 0.2) is 0 Å². The molecule has 0 aliphatic rings. The molecule has 0 bridgehead atoms. The molecular formula is C31H37Cl2N3O4S. The van der Waals surface area contributed by atoms with E-state index in [2.05, 4.69) is 5.32 Å². The molecule has 1 N–H and O–H groups in total. The average molecular weight is 619 g/mol. The van der Waals surface area contributed by atoms with Crippen molar-refractivity contribution in [3.05, 3.63) is 99.0 Å². The third-order valence-electron chi connectivity index (χ3n) is 6.82. The SMILES string of the molecule is Cc1cccc(N(CC(=O)N(Cc2ccc(Cl)c(Cl)c2)[C@H](Cc2ccccc2)C(=O)NCC(C)C)S(C)(=O)=O)c1C. The Balaban J connectivity index is 2.09. The number of hydrogen-bond acceptors (Lipinski definition) is 4. The summed E-state index contributed by atoms with van der Waals surface area (Å²) >= 11 is 12.4. The first-order valence-electron chi connectivity index (χ1n) is 13.4. The summed E-state index contributed by atoms with van der Waals surface area (Å²) in [5.74, 6) is -0.655. The highest BCUT2D eigenvalue weighted by Gasteiger charge is 2.33. The highest BCUT2D eigenvalue weighted by molar-refractivity contribution is 7.92. The number of hydrogen-bond donors (Lipinski definition) is 1. The molecule has 0 aliphatic carbocycles. The number of aryl methyl sites for hydroxylation is 1. The summed E-state index contributed by atoms with van der Waals surface area (Å²) in [6, 6.07) is 18.8. The zero-order chi connectivity index (χ0) is 30.3. The summed E-state index contributed by atoms with van der Waals surface area (Å²) in [7, 11) is -3.85. The molecule has 0 spiro atoms. The lowest BCUT2D eigenvalue weighted by Crippen LogP contribution is -2.53. The number of carbonyl (C=O) groups is 2. The van der Waals surface area contributed by atoms with Crippen molar-refractivity contribution in [3.63, 3.8) is 0 Å². The average Bonchev–Trinajstić information content (AvgIpc) is 2.91. The lowest BCUT2D eigenvalue weighted by atomic mass is 10.0. The van der Waals surface area contributed by atoms with Crippen molar-refractivity contribution in [1.29, 1.82) is 0 Å². The van der Waals surface area contributed by atoms with Crippen molar-refractivity contribution in [2.75, 3.05) is 23.7 Å². The van der Waals surface area contributed by atoms with Crippen LogP contribution in [0.25, 0.3) is 0 Å². The Hall–Kier alpha value is -3.07. The molecule has 1 atom stereocenters. The second kappa shape index (κ2) is 14.2. The van der Waals surface area contributed by atoms with Gasteiger partial charge in [0, 0.05) is 19.5 Å². The van der Waals surface area contributed by atoms with E-state index in [1.54, 1.807) is 30.3 Å². The summed E-state index contributed by atoms with van der Waals surface area (Å²) in [6.45, 7) is 7.64. The van der Waals surface area contributed by atoms with Gasteiger partial charge in [0.1, 0.15) is 12.6 Å². The molecule has 2 amide bonds. The molecule has 0 saturated heterocycles. The topological polar surface area (TPSA) is 86.8 Å². The number of benzene rings is 3. The molecule has 0 aromatic heterocycles. The van der Waals surface area contributed by atoms with Crippen molar-refractivity contribution in [1.82, 2.24) is 10.2 Å². The van der Waals surface area contributed by atoms with E-state index >= 15 is 0 Å². The van der Waals surface area contributed by atoms with Gasteiger partial charge >= 0.3 is 0 Å². The van der Waals surface area contributed by atoms with Crippen molar-refractivity contribution in [3.8, 4) is 0 Å². The summed E-state index contributed by atoms with van der Waals surface area (Å²) < 4.78 is 27.1. The Morgan fingerprint density at radius 2 is 1.59 bits per heavy atom. The second-order valence-electron chi connectivity index (χ2n) is 10.6. The predicted octanol–water partition coefficient (Wildman–Crippen LogP) is 5.79.